The fourth-order valence-corrected chi connectivity index (χ4v) is 1.19. The zero-order valence-corrected chi connectivity index (χ0v) is 8.82. The highest BCUT2D eigenvalue weighted by Gasteiger charge is 2.09. The Balaban J connectivity index is 2.26. The van der Waals surface area contributed by atoms with Crippen LogP contribution in [-0.2, 0) is 9.53 Å². The molecule has 1 aliphatic heterocycles. The van der Waals surface area contributed by atoms with E-state index in [4.69, 9.17) is 5.73 Å². The van der Waals surface area contributed by atoms with E-state index in [1.807, 2.05) is 5.01 Å². The van der Waals surface area contributed by atoms with Crippen LogP contribution >= 0.6 is 0 Å². The van der Waals surface area contributed by atoms with Gasteiger partial charge in [-0.2, -0.15) is 0 Å². The number of hydrogen-bond acceptors (Lipinski definition) is 5. The van der Waals surface area contributed by atoms with Crippen molar-refractivity contribution in [1.82, 2.24) is 15.8 Å². The average Bonchev–Trinajstić information content (AvgIpc) is 2.27. The van der Waals surface area contributed by atoms with E-state index in [0.29, 0.717) is 0 Å². The minimum atomic E-state index is -0.403. The Morgan fingerprint density at radius 3 is 2.87 bits per heavy atom. The number of hydrazine groups is 1. The van der Waals surface area contributed by atoms with Crippen molar-refractivity contribution in [2.24, 2.45) is 10.7 Å². The summed E-state index contributed by atoms with van der Waals surface area (Å²) in [5, 5.41) is 5.16. The van der Waals surface area contributed by atoms with E-state index < -0.39 is 5.97 Å². The molecule has 1 fully saturated rings. The molecule has 1 rings (SSSR count). The van der Waals surface area contributed by atoms with Gasteiger partial charge in [0, 0.05) is 26.2 Å². The molecule has 0 atom stereocenters. The lowest BCUT2D eigenvalue weighted by atomic mass is 10.4. The van der Waals surface area contributed by atoms with Crippen LogP contribution in [0.3, 0.4) is 0 Å². The summed E-state index contributed by atoms with van der Waals surface area (Å²) in [7, 11) is 1.32. The van der Waals surface area contributed by atoms with E-state index in [1.54, 1.807) is 0 Å². The molecule has 15 heavy (non-hydrogen) atoms. The Morgan fingerprint density at radius 2 is 2.27 bits per heavy atom. The average molecular weight is 215 g/mol. The molecule has 0 spiro atoms. The van der Waals surface area contributed by atoms with Crippen LogP contribution < -0.4 is 16.5 Å². The molecule has 1 aliphatic rings. The highest BCUT2D eigenvalue weighted by atomic mass is 16.5. The van der Waals surface area contributed by atoms with E-state index >= 15 is 0 Å². The largest absolute Gasteiger partial charge is 0.468 e. The number of esters is 1. The van der Waals surface area contributed by atoms with Crippen molar-refractivity contribution in [3.63, 3.8) is 0 Å². The Labute approximate surface area is 88.6 Å². The van der Waals surface area contributed by atoms with Gasteiger partial charge in [-0.3, -0.25) is 10.2 Å². The van der Waals surface area contributed by atoms with Gasteiger partial charge in [0.05, 0.1) is 7.11 Å². The van der Waals surface area contributed by atoms with Gasteiger partial charge >= 0.3 is 5.97 Å². The molecule has 1 saturated heterocycles. The van der Waals surface area contributed by atoms with Crippen LogP contribution in [0.4, 0.5) is 0 Å². The number of hydrogen-bond donors (Lipinski definition) is 3. The molecule has 0 saturated carbocycles. The summed E-state index contributed by atoms with van der Waals surface area (Å²) in [4.78, 5) is 14.6. The maximum atomic E-state index is 10.8. The smallest absolute Gasteiger partial charge is 0.327 e. The molecule has 0 aliphatic carbocycles. The quantitative estimate of drug-likeness (QED) is 0.283. The molecule has 4 N–H and O–H groups in total. The van der Waals surface area contributed by atoms with Crippen LogP contribution in [0.15, 0.2) is 4.99 Å². The second kappa shape index (κ2) is 6.20. The normalized spacial score (nSPS) is 18.6. The van der Waals surface area contributed by atoms with Crippen LogP contribution in [0.1, 0.15) is 0 Å². The molecule has 0 aromatic carbocycles. The number of guanidine groups is 1. The number of piperazine rings is 1. The summed E-state index contributed by atoms with van der Waals surface area (Å²) >= 11 is 0. The summed E-state index contributed by atoms with van der Waals surface area (Å²) in [5.41, 5.74) is 8.49. The molecule has 0 bridgehead atoms. The number of nitrogens with two attached hydrogens (primary N) is 1. The molecule has 1 heterocycles. The van der Waals surface area contributed by atoms with Crippen molar-refractivity contribution in [3.05, 3.63) is 0 Å². The highest BCUT2D eigenvalue weighted by molar-refractivity contribution is 5.81. The fourth-order valence-electron chi connectivity index (χ4n) is 1.19. The number of aliphatic imine (C=N–C) groups is 1. The molecule has 0 radical (unpaired) electrons. The fraction of sp³-hybridized carbons (Fsp3) is 0.750. The van der Waals surface area contributed by atoms with Crippen LogP contribution in [0.2, 0.25) is 0 Å². The van der Waals surface area contributed by atoms with Gasteiger partial charge in [-0.25, -0.2) is 10.0 Å². The minimum Gasteiger partial charge on any atom is -0.468 e. The lowest BCUT2D eigenvalue weighted by Gasteiger charge is -2.27. The van der Waals surface area contributed by atoms with Gasteiger partial charge in [-0.1, -0.05) is 0 Å². The van der Waals surface area contributed by atoms with E-state index in [2.05, 4.69) is 20.5 Å². The highest BCUT2D eigenvalue weighted by Crippen LogP contribution is 1.86. The van der Waals surface area contributed by atoms with Gasteiger partial charge in [0.2, 0.25) is 5.96 Å². The Bertz CT molecular complexity index is 237. The van der Waals surface area contributed by atoms with Gasteiger partial charge in [0.1, 0.15) is 6.54 Å². The summed E-state index contributed by atoms with van der Waals surface area (Å²) in [5.74, 6) is -0.164. The number of rotatable bonds is 3. The predicted molar refractivity (Wildman–Crippen MR) is 56.1 cm³/mol. The first-order chi connectivity index (χ1) is 7.22. The number of methoxy groups -OCH3 is 1. The molecule has 0 amide bonds. The first kappa shape index (κ1) is 11.7. The first-order valence-corrected chi connectivity index (χ1v) is 4.81. The first-order valence-electron chi connectivity index (χ1n) is 4.81. The summed E-state index contributed by atoms with van der Waals surface area (Å²) in [6.07, 6.45) is 0. The van der Waals surface area contributed by atoms with E-state index in [0.717, 1.165) is 26.2 Å². The van der Waals surface area contributed by atoms with E-state index in [9.17, 15) is 4.79 Å². The lowest BCUT2D eigenvalue weighted by Crippen LogP contribution is -2.54. The maximum absolute atomic E-state index is 10.8. The molecular weight excluding hydrogens is 198 g/mol. The number of nitrogens with zero attached hydrogens (tertiary/aromatic N) is 2. The van der Waals surface area contributed by atoms with Gasteiger partial charge < -0.3 is 15.8 Å². The van der Waals surface area contributed by atoms with Crippen molar-refractivity contribution in [2.75, 3.05) is 39.8 Å². The van der Waals surface area contributed by atoms with Gasteiger partial charge in [0.25, 0.3) is 0 Å². The summed E-state index contributed by atoms with van der Waals surface area (Å²) in [6.45, 7) is 3.48. The minimum absolute atomic E-state index is 0.0541. The second-order valence-electron chi connectivity index (χ2n) is 3.13. The van der Waals surface area contributed by atoms with Crippen molar-refractivity contribution in [1.29, 1.82) is 0 Å². The van der Waals surface area contributed by atoms with Crippen LogP contribution in [0.5, 0.6) is 0 Å². The monoisotopic (exact) mass is 215 g/mol. The van der Waals surface area contributed by atoms with Gasteiger partial charge in [-0.05, 0) is 0 Å². The molecule has 0 aromatic rings. The maximum Gasteiger partial charge on any atom is 0.327 e. The van der Waals surface area contributed by atoms with Crippen LogP contribution in [0.25, 0.3) is 0 Å². The molecular formula is C8H17N5O2. The zero-order valence-electron chi connectivity index (χ0n) is 8.82. The molecule has 86 valence electrons. The number of nitrogens with one attached hydrogen (secondary N) is 2. The third kappa shape index (κ3) is 4.61. The van der Waals surface area contributed by atoms with Crippen LogP contribution in [0, 0.1) is 0 Å². The van der Waals surface area contributed by atoms with Crippen molar-refractivity contribution in [3.8, 4) is 0 Å². The van der Waals surface area contributed by atoms with Gasteiger partial charge in [0.15, 0.2) is 0 Å². The molecule has 0 unspecified atom stereocenters. The van der Waals surface area contributed by atoms with E-state index in [1.165, 1.54) is 7.11 Å². The number of carbonyl (C=O) groups excluding carboxylic acids is 1. The third-order valence-electron chi connectivity index (χ3n) is 2.00. The van der Waals surface area contributed by atoms with Gasteiger partial charge in [-0.15, -0.1) is 0 Å². The topological polar surface area (TPSA) is 92.0 Å². The Kier molecular flexibility index (Phi) is 4.85. The molecule has 7 heteroatoms. The van der Waals surface area contributed by atoms with Crippen LogP contribution in [-0.4, -0.2) is 56.8 Å². The van der Waals surface area contributed by atoms with E-state index in [-0.39, 0.29) is 12.5 Å². The summed E-state index contributed by atoms with van der Waals surface area (Å²) in [6, 6.07) is 0. The van der Waals surface area contributed by atoms with Crippen molar-refractivity contribution < 1.29 is 9.53 Å². The number of ether oxygens (including phenoxy) is 1. The second-order valence-corrected chi connectivity index (χ2v) is 3.13. The zero-order chi connectivity index (χ0) is 11.1. The number of carbonyl (C=O) groups is 1. The standard InChI is InChI=1S/C8H17N5O2/c1-15-7(14)6-11-8(9)12-13-4-2-10-3-5-13/h10H,2-6H2,1H3,(H3,9,11,12). The predicted octanol–water partition coefficient (Wildman–Crippen LogP) is -2.12. The Hall–Kier alpha value is -1.34. The molecule has 7 nitrogen and oxygen atoms in total. The Morgan fingerprint density at radius 1 is 1.60 bits per heavy atom. The molecule has 0 aromatic heterocycles. The lowest BCUT2D eigenvalue weighted by molar-refractivity contribution is -0.138. The third-order valence-corrected chi connectivity index (χ3v) is 2.00. The summed E-state index contributed by atoms with van der Waals surface area (Å²) < 4.78 is 4.44. The SMILES string of the molecule is COC(=O)CN=C(N)NN1CCNCC1. The van der Waals surface area contributed by atoms with Crippen molar-refractivity contribution >= 4 is 11.9 Å². The van der Waals surface area contributed by atoms with Crippen molar-refractivity contribution in [2.45, 2.75) is 0 Å².